The van der Waals surface area contributed by atoms with Gasteiger partial charge in [-0.2, -0.15) is 4.36 Å². The van der Waals surface area contributed by atoms with Gasteiger partial charge in [-0.15, -0.1) is 0 Å². The summed E-state index contributed by atoms with van der Waals surface area (Å²) in [4.78, 5) is 14.9. The number of hydrogen-bond acceptors (Lipinski definition) is 9. The molecule has 3 saturated heterocycles. The zero-order valence-corrected chi connectivity index (χ0v) is 27.1. The number of nitrogens with zero attached hydrogens (tertiary/aromatic N) is 5. The molecule has 0 aliphatic carbocycles. The molecule has 3 fully saturated rings. The minimum absolute atomic E-state index is 0.129. The first-order valence-electron chi connectivity index (χ1n) is 15.3. The van der Waals surface area contributed by atoms with Crippen molar-refractivity contribution in [2.45, 2.75) is 83.6 Å². The Kier molecular flexibility index (Phi) is 7.55. The van der Waals surface area contributed by atoms with Gasteiger partial charge in [-0.1, -0.05) is 13.0 Å². The number of rotatable bonds is 4. The van der Waals surface area contributed by atoms with Crippen LogP contribution in [0.1, 0.15) is 69.9 Å². The molecule has 1 unspecified atom stereocenters. The number of ether oxygens (including phenoxy) is 1. The quantitative estimate of drug-likeness (QED) is 0.508. The van der Waals surface area contributed by atoms with Crippen molar-refractivity contribution < 1.29 is 8.95 Å². The molecule has 5 aliphatic rings. The molecule has 228 valence electrons. The van der Waals surface area contributed by atoms with Crippen molar-refractivity contribution in [2.75, 3.05) is 44.6 Å². The van der Waals surface area contributed by atoms with Gasteiger partial charge in [0.2, 0.25) is 0 Å². The van der Waals surface area contributed by atoms with E-state index < -0.39 is 9.73 Å². The molecule has 2 N–H and O–H groups in total. The molecule has 42 heavy (non-hydrogen) atoms. The van der Waals surface area contributed by atoms with E-state index in [1.54, 1.807) is 12.5 Å². The summed E-state index contributed by atoms with van der Waals surface area (Å²) in [6, 6.07) is 6.88. The minimum Gasteiger partial charge on any atom is -0.374 e. The lowest BCUT2D eigenvalue weighted by Gasteiger charge is -2.46. The number of benzene rings is 1. The monoisotopic (exact) mass is 593 g/mol. The van der Waals surface area contributed by atoms with Crippen LogP contribution >= 0.6 is 0 Å². The number of hydrogen-bond donors (Lipinski definition) is 2. The van der Waals surface area contributed by atoms with Gasteiger partial charge in [0, 0.05) is 51.5 Å². The van der Waals surface area contributed by atoms with Gasteiger partial charge in [-0.3, -0.25) is 0 Å². The van der Waals surface area contributed by atoms with E-state index >= 15 is 0 Å². The lowest BCUT2D eigenvalue weighted by atomic mass is 9.73. The zero-order valence-electron chi connectivity index (χ0n) is 26.2. The number of aliphatic imine (C=N–C) groups is 2. The second kappa shape index (κ2) is 10.8. The van der Waals surface area contributed by atoms with E-state index in [4.69, 9.17) is 14.7 Å². The molecule has 1 aromatic carbocycles. The van der Waals surface area contributed by atoms with Gasteiger partial charge in [-0.25, -0.2) is 14.2 Å². The summed E-state index contributed by atoms with van der Waals surface area (Å²) >= 11 is 0. The normalized spacial score (nSPS) is 29.8. The Hall–Kier alpha value is -2.69. The summed E-state index contributed by atoms with van der Waals surface area (Å²) in [6.45, 7) is 11.7. The van der Waals surface area contributed by atoms with Crippen LogP contribution in [0.2, 0.25) is 0 Å². The number of aryl methyl sites for hydroxylation is 1. The van der Waals surface area contributed by atoms with Crippen LogP contribution in [0.5, 0.6) is 0 Å². The Morgan fingerprint density at radius 2 is 1.95 bits per heavy atom. The van der Waals surface area contributed by atoms with Crippen LogP contribution in [0.3, 0.4) is 0 Å². The molecule has 9 nitrogen and oxygen atoms in total. The summed E-state index contributed by atoms with van der Waals surface area (Å²) in [5.74, 6) is 3.05. The molecule has 3 atom stereocenters. The highest BCUT2D eigenvalue weighted by molar-refractivity contribution is 7.92. The molecular formula is C32H47N7O2S. The predicted octanol–water partition coefficient (Wildman–Crippen LogP) is 5.04. The first-order chi connectivity index (χ1) is 19.8. The summed E-state index contributed by atoms with van der Waals surface area (Å²) in [5.41, 5.74) is 4.49. The van der Waals surface area contributed by atoms with Crippen molar-refractivity contribution >= 4 is 27.1 Å². The molecule has 6 rings (SSSR count). The molecular weight excluding hydrogens is 546 g/mol. The fourth-order valence-electron chi connectivity index (χ4n) is 7.12. The van der Waals surface area contributed by atoms with Crippen molar-refractivity contribution in [3.8, 4) is 0 Å². The molecule has 0 aromatic heterocycles. The first-order valence-corrected chi connectivity index (χ1v) is 17.6. The van der Waals surface area contributed by atoms with Crippen molar-refractivity contribution in [3.63, 3.8) is 0 Å². The largest absolute Gasteiger partial charge is 0.374 e. The van der Waals surface area contributed by atoms with Crippen LogP contribution in [0, 0.1) is 12.3 Å². The number of anilines is 1. The zero-order chi connectivity index (χ0) is 29.9. The van der Waals surface area contributed by atoms with Crippen LogP contribution < -0.4 is 10.6 Å². The average Bonchev–Trinajstić information content (AvgIpc) is 3.15. The first kappa shape index (κ1) is 29.4. The van der Waals surface area contributed by atoms with Crippen LogP contribution in [0.4, 0.5) is 5.69 Å². The van der Waals surface area contributed by atoms with Gasteiger partial charge in [0.05, 0.1) is 18.2 Å². The van der Waals surface area contributed by atoms with Gasteiger partial charge in [0.25, 0.3) is 0 Å². The lowest BCUT2D eigenvalue weighted by molar-refractivity contribution is -0.115. The minimum atomic E-state index is -2.29. The van der Waals surface area contributed by atoms with E-state index in [0.29, 0.717) is 24.8 Å². The molecule has 0 amide bonds. The van der Waals surface area contributed by atoms with Crippen LogP contribution in [0.15, 0.2) is 56.2 Å². The SMILES string of the molecule is Cc1cc(NC2N=C3C(=CN2)[C@@]2(C)COC(C)(C)C[C@H]2N3C2=CCCC(N=S(C)(C)=O)=N2)ccc1C1CCN(C)CC1. The van der Waals surface area contributed by atoms with Crippen molar-refractivity contribution in [2.24, 2.45) is 19.8 Å². The van der Waals surface area contributed by atoms with Gasteiger partial charge >= 0.3 is 0 Å². The molecule has 0 radical (unpaired) electrons. The molecule has 5 heterocycles. The lowest BCUT2D eigenvalue weighted by Crippen LogP contribution is -2.51. The highest BCUT2D eigenvalue weighted by Gasteiger charge is 2.58. The highest BCUT2D eigenvalue weighted by atomic mass is 32.2. The topological polar surface area (TPSA) is 93.9 Å². The Morgan fingerprint density at radius 3 is 2.67 bits per heavy atom. The van der Waals surface area contributed by atoms with E-state index in [1.807, 2.05) is 0 Å². The molecule has 1 aromatic rings. The maximum absolute atomic E-state index is 12.5. The van der Waals surface area contributed by atoms with Crippen molar-refractivity contribution in [1.29, 1.82) is 0 Å². The van der Waals surface area contributed by atoms with Gasteiger partial charge in [-0.05, 0) is 102 Å². The number of nitrogens with one attached hydrogen (secondary N) is 2. The number of piperidine rings is 1. The Labute approximate surface area is 251 Å². The van der Waals surface area contributed by atoms with Crippen LogP contribution in [-0.4, -0.2) is 82.9 Å². The van der Waals surface area contributed by atoms with Gasteiger partial charge < -0.3 is 25.2 Å². The van der Waals surface area contributed by atoms with E-state index in [0.717, 1.165) is 48.8 Å². The van der Waals surface area contributed by atoms with E-state index in [2.05, 4.69) is 90.0 Å². The Morgan fingerprint density at radius 1 is 1.19 bits per heavy atom. The fraction of sp³-hybridized carbons (Fsp3) is 0.625. The summed E-state index contributed by atoms with van der Waals surface area (Å²) < 4.78 is 23.3. The van der Waals surface area contributed by atoms with Crippen molar-refractivity contribution in [3.05, 3.63) is 53.0 Å². The summed E-state index contributed by atoms with van der Waals surface area (Å²) in [7, 11) is -0.0820. The molecule has 5 aliphatic heterocycles. The molecule has 0 bridgehead atoms. The summed E-state index contributed by atoms with van der Waals surface area (Å²) in [6.07, 6.45) is 12.1. The third kappa shape index (κ3) is 5.77. The average molecular weight is 594 g/mol. The second-order valence-electron chi connectivity index (χ2n) is 13.8. The molecule has 0 spiro atoms. The number of fused-ring (bicyclic) bond motifs is 3. The van der Waals surface area contributed by atoms with E-state index in [9.17, 15) is 4.21 Å². The molecule has 10 heteroatoms. The van der Waals surface area contributed by atoms with Gasteiger partial charge in [0.15, 0.2) is 6.29 Å². The maximum atomic E-state index is 12.5. The third-order valence-electron chi connectivity index (χ3n) is 9.46. The third-order valence-corrected chi connectivity index (χ3v) is 10.1. The van der Waals surface area contributed by atoms with Crippen molar-refractivity contribution in [1.82, 2.24) is 15.1 Å². The maximum Gasteiger partial charge on any atom is 0.196 e. The Balaban J connectivity index is 1.30. The van der Waals surface area contributed by atoms with E-state index in [1.165, 1.54) is 24.0 Å². The number of amidine groups is 2. The highest BCUT2D eigenvalue weighted by Crippen LogP contribution is 2.52. The summed E-state index contributed by atoms with van der Waals surface area (Å²) in [5, 5.41) is 7.15. The number of likely N-dealkylation sites (tertiary alicyclic amines) is 2. The fourth-order valence-corrected chi connectivity index (χ4v) is 7.76. The van der Waals surface area contributed by atoms with E-state index in [-0.39, 0.29) is 23.3 Å². The second-order valence-corrected chi connectivity index (χ2v) is 16.4. The van der Waals surface area contributed by atoms with Gasteiger partial charge in [0.1, 0.15) is 17.5 Å². The smallest absolute Gasteiger partial charge is 0.196 e. The Bertz CT molecular complexity index is 1490. The number of allylic oxidation sites excluding steroid dienone is 1. The van der Waals surface area contributed by atoms with Crippen LogP contribution in [-0.2, 0) is 14.5 Å². The van der Waals surface area contributed by atoms with Crippen LogP contribution in [0.25, 0.3) is 0 Å². The standard InChI is InChI=1S/C32H47N7O2S/c1-21-17-23(11-12-24(21)22-13-15-38(5)16-14-22)34-30-33-19-25-29(36-30)39(26-18-31(2,3)41-20-32(25,26)4)28-10-8-9-27(35-28)37-42(6,7)40/h10-12,17,19,22,26,30,33-34H,8-9,13-16,18,20H2,1-7H3/t26-,30?,32-/m1/s1. The predicted molar refractivity (Wildman–Crippen MR) is 172 cm³/mol. The molecule has 0 saturated carbocycles.